The number of oxazole rings is 2. The summed E-state index contributed by atoms with van der Waals surface area (Å²) in [6.45, 7) is 0. The van der Waals surface area contributed by atoms with Gasteiger partial charge in [-0.05, 0) is 214 Å². The molecule has 18 aromatic rings. The lowest BCUT2D eigenvalue weighted by atomic mass is 9.91. The van der Waals surface area contributed by atoms with E-state index in [0.29, 0.717) is 11.8 Å². The van der Waals surface area contributed by atoms with Crippen molar-refractivity contribution in [2.75, 3.05) is 0 Å². The molecule has 6 heteroatoms. The van der Waals surface area contributed by atoms with Gasteiger partial charge in [0.1, 0.15) is 11.0 Å². The molecule has 0 radical (unpaired) electrons. The van der Waals surface area contributed by atoms with Crippen molar-refractivity contribution in [3.63, 3.8) is 0 Å². The molecule has 0 aliphatic carbocycles. The fourth-order valence-corrected chi connectivity index (χ4v) is 14.0. The molecule has 0 fully saturated rings. The Kier molecular flexibility index (Phi) is 15.8. The van der Waals surface area contributed by atoms with E-state index >= 15 is 0 Å². The van der Waals surface area contributed by atoms with Gasteiger partial charge in [-0.2, -0.15) is 0 Å². The molecule has 4 heterocycles. The summed E-state index contributed by atoms with van der Waals surface area (Å²) in [5.41, 5.74) is 32.7. The van der Waals surface area contributed by atoms with Crippen LogP contribution in [0.15, 0.2) is 385 Å². The lowest BCUT2D eigenvalue weighted by molar-refractivity contribution is 0.619. The average Bonchev–Trinajstić information content (AvgIpc) is 1.53. The highest BCUT2D eigenvalue weighted by Crippen LogP contribution is 2.44. The van der Waals surface area contributed by atoms with Gasteiger partial charge in [0.15, 0.2) is 11.2 Å². The standard InChI is InChI=1S/C96H62N4O2/c1-5-19-63(20-6-1)75-27-15-31-79(55-75)84-59-90-92(61-86(84)81-33-17-29-77(57-81)65-23-9-3-10-24-65)101-95(99-90)73-48-40-69(41-49-73)67-36-44-71(45-37-67)83-52-53-89(88-35-13-14-54-97-88)98-94(83)72-46-38-68(39-47-72)70-42-50-74(51-43-70)96-100-91-60-85(80-32-16-28-76(56-80)64-21-7-2-8-22-64)87(62-93(91)102-96)82-34-18-30-78(58-82)66-25-11-4-12-26-66/h1-62H. The first-order chi connectivity index (χ1) is 50.5. The number of hydrogen-bond donors (Lipinski definition) is 0. The van der Waals surface area contributed by atoms with Crippen LogP contribution in [0, 0.1) is 0 Å². The van der Waals surface area contributed by atoms with Gasteiger partial charge < -0.3 is 8.83 Å². The smallest absolute Gasteiger partial charge is 0.227 e. The Bertz CT molecular complexity index is 5810. The summed E-state index contributed by atoms with van der Waals surface area (Å²) in [5, 5.41) is 0. The van der Waals surface area contributed by atoms with Gasteiger partial charge in [-0.25, -0.2) is 15.0 Å². The SMILES string of the molecule is c1ccc(-c2cccc(-c3cc4nc(-c5ccc(-c6ccc(-c7ccc(-c8ccccn8)nc7-c7ccc(-c8ccc(-c9nc%10cc(-c%11cccc(-c%12ccccc%12)c%11)c(-c%11cccc(-c%12ccccc%12)c%11)cc%10o9)cc8)cc7)cc6)cc5)oc4cc3-c3cccc(-c4ccccc4)c3)c2)cc1. The third-order valence-electron chi connectivity index (χ3n) is 19.3. The number of rotatable bonds is 15. The molecule has 0 saturated heterocycles. The molecule has 102 heavy (non-hydrogen) atoms. The van der Waals surface area contributed by atoms with E-state index < -0.39 is 0 Å². The molecular weight excluding hydrogens is 1240 g/mol. The Labute approximate surface area is 591 Å². The third kappa shape index (κ3) is 12.2. The van der Waals surface area contributed by atoms with E-state index in [1.54, 1.807) is 0 Å². The first-order valence-corrected chi connectivity index (χ1v) is 34.4. The molecule has 0 bridgehead atoms. The van der Waals surface area contributed by atoms with Crippen LogP contribution in [0.25, 0.3) is 190 Å². The van der Waals surface area contributed by atoms with E-state index in [0.717, 1.165) is 156 Å². The van der Waals surface area contributed by atoms with Gasteiger partial charge in [0.05, 0.1) is 17.1 Å². The summed E-state index contributed by atoms with van der Waals surface area (Å²) in [6.07, 6.45) is 1.81. The molecule has 0 aliphatic heterocycles. The zero-order chi connectivity index (χ0) is 67.7. The Morgan fingerprint density at radius 2 is 0.480 bits per heavy atom. The van der Waals surface area contributed by atoms with E-state index in [1.807, 2.05) is 24.4 Å². The molecule has 0 spiro atoms. The van der Waals surface area contributed by atoms with E-state index in [9.17, 15) is 0 Å². The van der Waals surface area contributed by atoms with Gasteiger partial charge in [-0.1, -0.05) is 273 Å². The highest BCUT2D eigenvalue weighted by molar-refractivity contribution is 5.97. The Morgan fingerprint density at radius 3 is 0.843 bits per heavy atom. The number of benzene rings is 14. The Morgan fingerprint density at radius 1 is 0.176 bits per heavy atom. The molecule has 0 amide bonds. The van der Waals surface area contributed by atoms with Crippen LogP contribution in [-0.4, -0.2) is 19.9 Å². The van der Waals surface area contributed by atoms with E-state index in [4.69, 9.17) is 23.8 Å². The minimum absolute atomic E-state index is 0.563. The fourth-order valence-electron chi connectivity index (χ4n) is 14.0. The van der Waals surface area contributed by atoms with Gasteiger partial charge >= 0.3 is 0 Å². The third-order valence-corrected chi connectivity index (χ3v) is 19.3. The lowest BCUT2D eigenvalue weighted by Crippen LogP contribution is -1.94. The molecule has 18 rings (SSSR count). The summed E-state index contributed by atoms with van der Waals surface area (Å²) in [5.74, 6) is 1.13. The van der Waals surface area contributed by atoms with Crippen LogP contribution in [0.1, 0.15) is 0 Å². The molecule has 478 valence electrons. The van der Waals surface area contributed by atoms with E-state index in [1.165, 1.54) is 22.3 Å². The second kappa shape index (κ2) is 26.6. The van der Waals surface area contributed by atoms with E-state index in [-0.39, 0.29) is 0 Å². The second-order valence-electron chi connectivity index (χ2n) is 25.7. The summed E-state index contributed by atoms with van der Waals surface area (Å²) >= 11 is 0. The van der Waals surface area contributed by atoms with Crippen molar-refractivity contribution in [1.29, 1.82) is 0 Å². The predicted octanol–water partition coefficient (Wildman–Crippen LogP) is 25.8. The summed E-state index contributed by atoms with van der Waals surface area (Å²) in [4.78, 5) is 20.3. The molecule has 0 N–H and O–H groups in total. The fraction of sp³-hybridized carbons (Fsp3) is 0. The predicted molar refractivity (Wildman–Crippen MR) is 419 cm³/mol. The molecule has 4 aromatic heterocycles. The van der Waals surface area contributed by atoms with Crippen LogP contribution in [0.2, 0.25) is 0 Å². The summed E-state index contributed by atoms with van der Waals surface area (Å²) < 4.78 is 13.4. The van der Waals surface area contributed by atoms with Crippen LogP contribution in [0.3, 0.4) is 0 Å². The average molecular weight is 1300 g/mol. The zero-order valence-electron chi connectivity index (χ0n) is 55.4. The van der Waals surface area contributed by atoms with Crippen LogP contribution in [0.5, 0.6) is 0 Å². The number of pyridine rings is 2. The Balaban J connectivity index is 0.620. The highest BCUT2D eigenvalue weighted by atomic mass is 16.4. The Hall–Kier alpha value is -13.7. The van der Waals surface area contributed by atoms with Crippen molar-refractivity contribution in [3.05, 3.63) is 376 Å². The summed E-state index contributed by atoms with van der Waals surface area (Å²) in [6, 6.07) is 130. The minimum atomic E-state index is 0.563. The van der Waals surface area contributed by atoms with Gasteiger partial charge in [0.25, 0.3) is 0 Å². The number of aromatic nitrogens is 4. The molecule has 0 atom stereocenters. The topological polar surface area (TPSA) is 77.8 Å². The lowest BCUT2D eigenvalue weighted by Gasteiger charge is -2.13. The molecule has 14 aromatic carbocycles. The molecular formula is C96H62N4O2. The van der Waals surface area contributed by atoms with Gasteiger partial charge in [-0.3, -0.25) is 4.98 Å². The highest BCUT2D eigenvalue weighted by Gasteiger charge is 2.21. The van der Waals surface area contributed by atoms with Crippen LogP contribution in [0.4, 0.5) is 0 Å². The number of nitrogens with zero attached hydrogens (tertiary/aromatic N) is 4. The second-order valence-corrected chi connectivity index (χ2v) is 25.7. The van der Waals surface area contributed by atoms with Gasteiger partial charge in [0, 0.05) is 28.5 Å². The van der Waals surface area contributed by atoms with Crippen molar-refractivity contribution < 1.29 is 8.83 Å². The first-order valence-electron chi connectivity index (χ1n) is 34.4. The van der Waals surface area contributed by atoms with Gasteiger partial charge in [0.2, 0.25) is 11.8 Å². The largest absolute Gasteiger partial charge is 0.436 e. The number of fused-ring (bicyclic) bond motifs is 2. The normalized spacial score (nSPS) is 11.3. The quantitative estimate of drug-likeness (QED) is 0.102. The van der Waals surface area contributed by atoms with Crippen molar-refractivity contribution in [3.8, 4) is 168 Å². The van der Waals surface area contributed by atoms with Gasteiger partial charge in [-0.15, -0.1) is 0 Å². The van der Waals surface area contributed by atoms with Crippen LogP contribution in [-0.2, 0) is 0 Å². The molecule has 0 aliphatic rings. The maximum atomic E-state index is 6.69. The van der Waals surface area contributed by atoms with Crippen LogP contribution >= 0.6 is 0 Å². The minimum Gasteiger partial charge on any atom is -0.436 e. The van der Waals surface area contributed by atoms with Crippen molar-refractivity contribution in [1.82, 2.24) is 19.9 Å². The molecule has 6 nitrogen and oxygen atoms in total. The summed E-state index contributed by atoms with van der Waals surface area (Å²) in [7, 11) is 0. The van der Waals surface area contributed by atoms with Crippen molar-refractivity contribution in [2.45, 2.75) is 0 Å². The first kappa shape index (κ1) is 60.7. The maximum absolute atomic E-state index is 6.69. The number of hydrogen-bond acceptors (Lipinski definition) is 6. The molecule has 0 unspecified atom stereocenters. The monoisotopic (exact) mass is 1300 g/mol. The van der Waals surface area contributed by atoms with Crippen molar-refractivity contribution >= 4 is 22.2 Å². The van der Waals surface area contributed by atoms with E-state index in [2.05, 4.69) is 357 Å². The van der Waals surface area contributed by atoms with Crippen LogP contribution < -0.4 is 0 Å². The van der Waals surface area contributed by atoms with Crippen molar-refractivity contribution in [2.24, 2.45) is 0 Å². The zero-order valence-corrected chi connectivity index (χ0v) is 55.4. The maximum Gasteiger partial charge on any atom is 0.227 e. The molecule has 0 saturated carbocycles.